The Morgan fingerprint density at radius 3 is 2.44 bits per heavy atom. The third-order valence-corrected chi connectivity index (χ3v) is 4.34. The summed E-state index contributed by atoms with van der Waals surface area (Å²) in [6.07, 6.45) is 0.753. The molecule has 1 atom stereocenters. The molecule has 0 spiro atoms. The van der Waals surface area contributed by atoms with Crippen molar-refractivity contribution in [3.8, 4) is 11.4 Å². The van der Waals surface area contributed by atoms with Crippen molar-refractivity contribution in [1.82, 2.24) is 20.2 Å². The van der Waals surface area contributed by atoms with Crippen LogP contribution in [-0.2, 0) is 0 Å². The maximum Gasteiger partial charge on any atom is 0.204 e. The van der Waals surface area contributed by atoms with Crippen LogP contribution in [0.4, 0.5) is 0 Å². The predicted octanol–water partition coefficient (Wildman–Crippen LogP) is 3.43. The molecule has 0 bridgehead atoms. The van der Waals surface area contributed by atoms with Crippen molar-refractivity contribution in [1.29, 1.82) is 0 Å². The van der Waals surface area contributed by atoms with E-state index in [1.807, 2.05) is 42.5 Å². The molecule has 0 aliphatic rings. The SMILES string of the molecule is NCCC(c1ccc2ccccc2c1)n1nnc(-c2ccccc2)n1. The van der Waals surface area contributed by atoms with Gasteiger partial charge in [0, 0.05) is 5.56 Å². The highest BCUT2D eigenvalue weighted by molar-refractivity contribution is 5.83. The van der Waals surface area contributed by atoms with E-state index in [1.165, 1.54) is 10.8 Å². The van der Waals surface area contributed by atoms with Crippen LogP contribution in [0, 0.1) is 0 Å². The second-order valence-electron chi connectivity index (χ2n) is 6.00. The summed E-state index contributed by atoms with van der Waals surface area (Å²) >= 11 is 0. The molecule has 0 aliphatic carbocycles. The van der Waals surface area contributed by atoms with Gasteiger partial charge in [0.2, 0.25) is 5.82 Å². The Kier molecular flexibility index (Phi) is 4.23. The minimum absolute atomic E-state index is 0.0282. The number of hydrogen-bond donors (Lipinski definition) is 1. The molecule has 0 radical (unpaired) electrons. The Labute approximate surface area is 146 Å². The molecule has 0 aliphatic heterocycles. The lowest BCUT2D eigenvalue weighted by molar-refractivity contribution is 0.431. The fourth-order valence-electron chi connectivity index (χ4n) is 3.05. The molecule has 4 rings (SSSR count). The molecule has 0 fully saturated rings. The van der Waals surface area contributed by atoms with Gasteiger partial charge in [0.25, 0.3) is 0 Å². The number of benzene rings is 3. The molecule has 1 heterocycles. The van der Waals surface area contributed by atoms with E-state index in [2.05, 4.69) is 45.7 Å². The van der Waals surface area contributed by atoms with Gasteiger partial charge < -0.3 is 5.73 Å². The maximum absolute atomic E-state index is 5.85. The molecule has 0 saturated heterocycles. The van der Waals surface area contributed by atoms with E-state index in [-0.39, 0.29) is 6.04 Å². The van der Waals surface area contributed by atoms with Crippen LogP contribution < -0.4 is 5.73 Å². The van der Waals surface area contributed by atoms with Crippen LogP contribution in [0.15, 0.2) is 72.8 Å². The Balaban J connectivity index is 1.72. The molecule has 4 aromatic rings. The van der Waals surface area contributed by atoms with Gasteiger partial charge in [0.15, 0.2) is 0 Å². The van der Waals surface area contributed by atoms with Gasteiger partial charge in [-0.15, -0.1) is 10.2 Å². The zero-order valence-electron chi connectivity index (χ0n) is 13.8. The minimum Gasteiger partial charge on any atom is -0.330 e. The average molecular weight is 329 g/mol. The highest BCUT2D eigenvalue weighted by Crippen LogP contribution is 2.25. The predicted molar refractivity (Wildman–Crippen MR) is 99.0 cm³/mol. The quantitative estimate of drug-likeness (QED) is 0.609. The summed E-state index contributed by atoms with van der Waals surface area (Å²) in [6.45, 7) is 0.555. The third kappa shape index (κ3) is 3.14. The van der Waals surface area contributed by atoms with Crippen molar-refractivity contribution in [3.05, 3.63) is 78.4 Å². The van der Waals surface area contributed by atoms with Crippen molar-refractivity contribution < 1.29 is 0 Å². The first-order valence-corrected chi connectivity index (χ1v) is 8.39. The maximum atomic E-state index is 5.85. The van der Waals surface area contributed by atoms with E-state index in [0.717, 1.165) is 17.5 Å². The normalized spacial score (nSPS) is 12.4. The highest BCUT2D eigenvalue weighted by Gasteiger charge is 2.17. The highest BCUT2D eigenvalue weighted by atomic mass is 15.6. The summed E-state index contributed by atoms with van der Waals surface area (Å²) in [7, 11) is 0. The van der Waals surface area contributed by atoms with Crippen LogP contribution in [0.5, 0.6) is 0 Å². The van der Waals surface area contributed by atoms with Crippen LogP contribution >= 0.6 is 0 Å². The first kappa shape index (κ1) is 15.5. The average Bonchev–Trinajstić information content (AvgIpc) is 3.16. The fraction of sp³-hybridized carbons (Fsp3) is 0.150. The van der Waals surface area contributed by atoms with Crippen molar-refractivity contribution >= 4 is 10.8 Å². The zero-order chi connectivity index (χ0) is 17.1. The second kappa shape index (κ2) is 6.83. The monoisotopic (exact) mass is 329 g/mol. The summed E-state index contributed by atoms with van der Waals surface area (Å²) < 4.78 is 0. The molecule has 25 heavy (non-hydrogen) atoms. The van der Waals surface area contributed by atoms with Gasteiger partial charge in [-0.1, -0.05) is 66.7 Å². The molecular weight excluding hydrogens is 310 g/mol. The van der Waals surface area contributed by atoms with Crippen molar-refractivity contribution in [2.75, 3.05) is 6.54 Å². The Bertz CT molecular complexity index is 977. The van der Waals surface area contributed by atoms with E-state index in [9.17, 15) is 0 Å². The van der Waals surface area contributed by atoms with E-state index < -0.39 is 0 Å². The summed E-state index contributed by atoms with van der Waals surface area (Å²) in [6, 6.07) is 24.6. The smallest absolute Gasteiger partial charge is 0.204 e. The number of nitrogens with zero attached hydrogens (tertiary/aromatic N) is 4. The molecule has 0 amide bonds. The number of nitrogens with two attached hydrogens (primary N) is 1. The van der Waals surface area contributed by atoms with E-state index in [0.29, 0.717) is 12.4 Å². The summed E-state index contributed by atoms with van der Waals surface area (Å²) in [5.74, 6) is 0.628. The summed E-state index contributed by atoms with van der Waals surface area (Å²) in [5.41, 5.74) is 7.94. The van der Waals surface area contributed by atoms with E-state index in [4.69, 9.17) is 5.73 Å². The van der Waals surface area contributed by atoms with Crippen molar-refractivity contribution in [2.24, 2.45) is 5.73 Å². The minimum atomic E-state index is -0.0282. The van der Waals surface area contributed by atoms with Gasteiger partial charge in [-0.05, 0) is 40.6 Å². The lowest BCUT2D eigenvalue weighted by atomic mass is 10.0. The number of aromatic nitrogens is 4. The fourth-order valence-corrected chi connectivity index (χ4v) is 3.05. The molecule has 0 saturated carbocycles. The van der Waals surface area contributed by atoms with E-state index in [1.54, 1.807) is 4.80 Å². The second-order valence-corrected chi connectivity index (χ2v) is 6.00. The van der Waals surface area contributed by atoms with Crippen molar-refractivity contribution in [3.63, 3.8) is 0 Å². The largest absolute Gasteiger partial charge is 0.330 e. The number of tetrazole rings is 1. The first-order valence-electron chi connectivity index (χ1n) is 8.39. The molecule has 1 unspecified atom stereocenters. The molecule has 1 aromatic heterocycles. The number of rotatable bonds is 5. The Morgan fingerprint density at radius 1 is 0.880 bits per heavy atom. The van der Waals surface area contributed by atoms with Gasteiger partial charge >= 0.3 is 0 Å². The van der Waals surface area contributed by atoms with Crippen LogP contribution in [0.2, 0.25) is 0 Å². The van der Waals surface area contributed by atoms with Crippen LogP contribution in [0.1, 0.15) is 18.0 Å². The molecular formula is C20H19N5. The zero-order valence-corrected chi connectivity index (χ0v) is 13.8. The lowest BCUT2D eigenvalue weighted by Gasteiger charge is -2.15. The summed E-state index contributed by atoms with van der Waals surface area (Å²) in [4.78, 5) is 1.68. The summed E-state index contributed by atoms with van der Waals surface area (Å²) in [5, 5.41) is 15.5. The van der Waals surface area contributed by atoms with E-state index >= 15 is 0 Å². The van der Waals surface area contributed by atoms with Crippen LogP contribution in [0.3, 0.4) is 0 Å². The Morgan fingerprint density at radius 2 is 1.64 bits per heavy atom. The van der Waals surface area contributed by atoms with Gasteiger partial charge in [-0.25, -0.2) is 0 Å². The van der Waals surface area contributed by atoms with Gasteiger partial charge in [-0.3, -0.25) is 0 Å². The number of fused-ring (bicyclic) bond motifs is 1. The standard InChI is InChI=1S/C20H19N5/c21-13-12-19(18-11-10-15-6-4-5-9-17(15)14-18)25-23-20(22-24-25)16-7-2-1-3-8-16/h1-11,14,19H,12-13,21H2. The Hall–Kier alpha value is -3.05. The lowest BCUT2D eigenvalue weighted by Crippen LogP contribution is -2.18. The van der Waals surface area contributed by atoms with Gasteiger partial charge in [-0.2, -0.15) is 4.80 Å². The van der Waals surface area contributed by atoms with Crippen LogP contribution in [-0.4, -0.2) is 26.8 Å². The third-order valence-electron chi connectivity index (χ3n) is 4.34. The van der Waals surface area contributed by atoms with Crippen LogP contribution in [0.25, 0.3) is 22.2 Å². The van der Waals surface area contributed by atoms with Crippen molar-refractivity contribution in [2.45, 2.75) is 12.5 Å². The number of hydrogen-bond acceptors (Lipinski definition) is 4. The molecule has 124 valence electrons. The molecule has 2 N–H and O–H groups in total. The van der Waals surface area contributed by atoms with Gasteiger partial charge in [0.05, 0.1) is 6.04 Å². The molecule has 5 nitrogen and oxygen atoms in total. The van der Waals surface area contributed by atoms with Gasteiger partial charge in [0.1, 0.15) is 0 Å². The molecule has 3 aromatic carbocycles. The topological polar surface area (TPSA) is 69.6 Å². The first-order chi connectivity index (χ1) is 12.3. The molecule has 5 heteroatoms.